The molecule has 0 radical (unpaired) electrons. The highest BCUT2D eigenvalue weighted by molar-refractivity contribution is 8.23. The van der Waals surface area contributed by atoms with E-state index in [1.165, 1.54) is 17.3 Å². The third kappa shape index (κ3) is 2.21. The lowest BCUT2D eigenvalue weighted by Gasteiger charge is -2.16. The van der Waals surface area contributed by atoms with E-state index in [1.807, 2.05) is 31.2 Å². The lowest BCUT2D eigenvalue weighted by Crippen LogP contribution is -2.28. The van der Waals surface area contributed by atoms with Gasteiger partial charge in [-0.1, -0.05) is 48.2 Å². The van der Waals surface area contributed by atoms with E-state index >= 15 is 0 Å². The summed E-state index contributed by atoms with van der Waals surface area (Å²) >= 11 is 6.57. The summed E-state index contributed by atoms with van der Waals surface area (Å²) in [6.45, 7) is 2.66. The highest BCUT2D eigenvalue weighted by Gasteiger charge is 2.26. The molecule has 4 heteroatoms. The number of thioether (sulfide) groups is 1. The van der Waals surface area contributed by atoms with Crippen molar-refractivity contribution in [2.24, 2.45) is 0 Å². The van der Waals surface area contributed by atoms with Crippen LogP contribution in [-0.2, 0) is 11.3 Å². The Morgan fingerprint density at radius 1 is 1.47 bits per heavy atom. The number of thiocarbonyl (C=S) groups is 1. The predicted molar refractivity (Wildman–Crippen MR) is 66.8 cm³/mol. The lowest BCUT2D eigenvalue weighted by atomic mass is 10.1. The van der Waals surface area contributed by atoms with E-state index in [0.717, 1.165) is 5.56 Å². The minimum atomic E-state index is 0.119. The second-order valence-electron chi connectivity index (χ2n) is 3.46. The van der Waals surface area contributed by atoms with E-state index in [-0.39, 0.29) is 5.91 Å². The molecule has 1 aromatic rings. The van der Waals surface area contributed by atoms with Crippen molar-refractivity contribution in [3.63, 3.8) is 0 Å². The Bertz CT molecular complexity index is 401. The van der Waals surface area contributed by atoms with E-state index < -0.39 is 0 Å². The number of hydrogen-bond donors (Lipinski definition) is 0. The molecule has 1 saturated heterocycles. The van der Waals surface area contributed by atoms with E-state index in [1.54, 1.807) is 4.90 Å². The zero-order valence-corrected chi connectivity index (χ0v) is 10.0. The Labute approximate surface area is 98.7 Å². The number of benzene rings is 1. The fourth-order valence-electron chi connectivity index (χ4n) is 1.49. The summed E-state index contributed by atoms with van der Waals surface area (Å²) in [6.07, 6.45) is 0. The van der Waals surface area contributed by atoms with Crippen molar-refractivity contribution in [3.8, 4) is 0 Å². The van der Waals surface area contributed by atoms with Crippen LogP contribution in [0.4, 0.5) is 0 Å². The zero-order chi connectivity index (χ0) is 10.8. The summed E-state index contributed by atoms with van der Waals surface area (Å²) in [5, 5.41) is 0. The summed E-state index contributed by atoms with van der Waals surface area (Å²) in [7, 11) is 0. The van der Waals surface area contributed by atoms with Crippen molar-refractivity contribution < 1.29 is 4.79 Å². The first-order valence-corrected chi connectivity index (χ1v) is 6.09. The number of nitrogens with zero attached hydrogens (tertiary/aromatic N) is 1. The topological polar surface area (TPSA) is 20.3 Å². The average Bonchev–Trinajstić information content (AvgIpc) is 2.53. The van der Waals surface area contributed by atoms with Crippen LogP contribution in [0.25, 0.3) is 0 Å². The molecule has 0 aromatic heterocycles. The van der Waals surface area contributed by atoms with Gasteiger partial charge in [-0.05, 0) is 18.1 Å². The smallest absolute Gasteiger partial charge is 0.238 e. The van der Waals surface area contributed by atoms with Gasteiger partial charge in [-0.2, -0.15) is 0 Å². The Balaban J connectivity index is 2.18. The average molecular weight is 237 g/mol. The van der Waals surface area contributed by atoms with Crippen LogP contribution in [0, 0.1) is 6.92 Å². The summed E-state index contributed by atoms with van der Waals surface area (Å²) in [5.74, 6) is 0.610. The van der Waals surface area contributed by atoms with Gasteiger partial charge in [0, 0.05) is 0 Å². The molecule has 2 nitrogen and oxygen atoms in total. The first-order chi connectivity index (χ1) is 7.18. The number of carbonyl (C=O) groups excluding carboxylic acids is 1. The largest absolute Gasteiger partial charge is 0.293 e. The fraction of sp³-hybridized carbons (Fsp3) is 0.273. The van der Waals surface area contributed by atoms with Crippen LogP contribution in [-0.4, -0.2) is 20.9 Å². The highest BCUT2D eigenvalue weighted by atomic mass is 32.2. The number of carbonyl (C=O) groups is 1. The van der Waals surface area contributed by atoms with Crippen molar-refractivity contribution in [2.45, 2.75) is 13.5 Å². The van der Waals surface area contributed by atoms with Gasteiger partial charge in [0.25, 0.3) is 0 Å². The minimum Gasteiger partial charge on any atom is -0.293 e. The van der Waals surface area contributed by atoms with Crippen LogP contribution in [0.3, 0.4) is 0 Å². The molecule has 15 heavy (non-hydrogen) atoms. The third-order valence-corrected chi connectivity index (χ3v) is 3.86. The van der Waals surface area contributed by atoms with Crippen molar-refractivity contribution in [2.75, 3.05) is 5.75 Å². The van der Waals surface area contributed by atoms with Crippen molar-refractivity contribution in [3.05, 3.63) is 35.4 Å². The maximum atomic E-state index is 11.5. The number of rotatable bonds is 2. The van der Waals surface area contributed by atoms with Gasteiger partial charge in [0.1, 0.15) is 4.32 Å². The van der Waals surface area contributed by atoms with Crippen LogP contribution in [0.2, 0.25) is 0 Å². The van der Waals surface area contributed by atoms with E-state index in [0.29, 0.717) is 16.6 Å². The summed E-state index contributed by atoms with van der Waals surface area (Å²) in [6, 6.07) is 8.07. The maximum absolute atomic E-state index is 11.5. The van der Waals surface area contributed by atoms with Gasteiger partial charge in [0.2, 0.25) is 5.91 Å². The molecule has 1 heterocycles. The molecule has 0 bridgehead atoms. The Morgan fingerprint density at radius 2 is 2.20 bits per heavy atom. The third-order valence-electron chi connectivity index (χ3n) is 2.43. The Hall–Kier alpha value is -0.870. The molecule has 0 spiro atoms. The molecule has 1 fully saturated rings. The van der Waals surface area contributed by atoms with Gasteiger partial charge in [-0.3, -0.25) is 9.69 Å². The first kappa shape index (κ1) is 10.6. The van der Waals surface area contributed by atoms with Crippen LogP contribution in [0.1, 0.15) is 11.1 Å². The van der Waals surface area contributed by atoms with Gasteiger partial charge in [-0.15, -0.1) is 0 Å². The molecular weight excluding hydrogens is 226 g/mol. The summed E-state index contributed by atoms with van der Waals surface area (Å²) < 4.78 is 0.697. The molecule has 1 amide bonds. The Kier molecular flexibility index (Phi) is 3.07. The molecule has 0 saturated carbocycles. The minimum absolute atomic E-state index is 0.119. The SMILES string of the molecule is Cc1ccccc1CN1C(=O)CSC1=S. The summed E-state index contributed by atoms with van der Waals surface area (Å²) in [5.41, 5.74) is 2.36. The van der Waals surface area contributed by atoms with Gasteiger partial charge < -0.3 is 0 Å². The normalized spacial score (nSPS) is 16.2. The zero-order valence-electron chi connectivity index (χ0n) is 8.40. The van der Waals surface area contributed by atoms with Crippen molar-refractivity contribution >= 4 is 34.2 Å². The number of aryl methyl sites for hydroxylation is 1. The lowest BCUT2D eigenvalue weighted by molar-refractivity contribution is -0.124. The van der Waals surface area contributed by atoms with E-state index in [9.17, 15) is 4.79 Å². The second-order valence-corrected chi connectivity index (χ2v) is 5.07. The van der Waals surface area contributed by atoms with Crippen LogP contribution in [0.5, 0.6) is 0 Å². The van der Waals surface area contributed by atoms with Crippen molar-refractivity contribution in [1.29, 1.82) is 0 Å². The van der Waals surface area contributed by atoms with Crippen LogP contribution >= 0.6 is 24.0 Å². The Morgan fingerprint density at radius 3 is 2.80 bits per heavy atom. The van der Waals surface area contributed by atoms with E-state index in [4.69, 9.17) is 12.2 Å². The van der Waals surface area contributed by atoms with Gasteiger partial charge >= 0.3 is 0 Å². The predicted octanol–water partition coefficient (Wildman–Crippen LogP) is 2.36. The van der Waals surface area contributed by atoms with Crippen LogP contribution < -0.4 is 0 Å². The molecule has 0 unspecified atom stereocenters. The van der Waals surface area contributed by atoms with Gasteiger partial charge in [-0.25, -0.2) is 0 Å². The molecular formula is C11H11NOS2. The molecule has 1 aliphatic rings. The second kappa shape index (κ2) is 4.33. The quantitative estimate of drug-likeness (QED) is 0.736. The molecule has 0 atom stereocenters. The highest BCUT2D eigenvalue weighted by Crippen LogP contribution is 2.22. The number of hydrogen-bond acceptors (Lipinski definition) is 3. The summed E-state index contributed by atoms with van der Waals surface area (Å²) in [4.78, 5) is 13.2. The fourth-order valence-corrected chi connectivity index (χ4v) is 2.56. The molecule has 1 aliphatic heterocycles. The van der Waals surface area contributed by atoms with Gasteiger partial charge in [0.05, 0.1) is 12.3 Å². The molecule has 0 N–H and O–H groups in total. The maximum Gasteiger partial charge on any atom is 0.238 e. The van der Waals surface area contributed by atoms with Crippen LogP contribution in [0.15, 0.2) is 24.3 Å². The molecule has 2 rings (SSSR count). The van der Waals surface area contributed by atoms with Crippen molar-refractivity contribution in [1.82, 2.24) is 4.90 Å². The van der Waals surface area contributed by atoms with E-state index in [2.05, 4.69) is 0 Å². The van der Waals surface area contributed by atoms with Gasteiger partial charge in [0.15, 0.2) is 0 Å². The molecule has 1 aromatic carbocycles. The monoisotopic (exact) mass is 237 g/mol. The molecule has 78 valence electrons. The number of amides is 1. The first-order valence-electron chi connectivity index (χ1n) is 4.70. The standard InChI is InChI=1S/C11H11NOS2/c1-8-4-2-3-5-9(8)6-12-10(13)7-15-11(12)14/h2-5H,6-7H2,1H3. The molecule has 0 aliphatic carbocycles.